The third-order valence-electron chi connectivity index (χ3n) is 6.81. The number of imidazole rings is 1. The van der Waals surface area contributed by atoms with Gasteiger partial charge in [-0.05, 0) is 48.1 Å². The summed E-state index contributed by atoms with van der Waals surface area (Å²) in [6, 6.07) is 13.3. The summed E-state index contributed by atoms with van der Waals surface area (Å²) in [5.74, 6) is 3.64. The first kappa shape index (κ1) is 22.6. The molecule has 9 nitrogen and oxygen atoms in total. The molecule has 2 aromatic carbocycles. The monoisotopic (exact) mass is 503 g/mol. The third-order valence-corrected chi connectivity index (χ3v) is 7.11. The van der Waals surface area contributed by atoms with Gasteiger partial charge >= 0.3 is 0 Å². The van der Waals surface area contributed by atoms with Gasteiger partial charge in [0.15, 0.2) is 0 Å². The van der Waals surface area contributed by atoms with Crippen molar-refractivity contribution in [2.75, 3.05) is 30.4 Å². The van der Waals surface area contributed by atoms with Gasteiger partial charge in [0.2, 0.25) is 5.95 Å². The van der Waals surface area contributed by atoms with Crippen LogP contribution in [-0.2, 0) is 13.1 Å². The molecule has 4 aromatic rings. The summed E-state index contributed by atoms with van der Waals surface area (Å²) < 4.78 is 5.24. The molecule has 2 fully saturated rings. The Morgan fingerprint density at radius 2 is 2.00 bits per heavy atom. The molecule has 36 heavy (non-hydrogen) atoms. The van der Waals surface area contributed by atoms with E-state index in [0.717, 1.165) is 41.5 Å². The zero-order valence-corrected chi connectivity index (χ0v) is 20.5. The predicted molar refractivity (Wildman–Crippen MR) is 138 cm³/mol. The molecule has 0 spiro atoms. The first-order valence-corrected chi connectivity index (χ1v) is 12.4. The number of carbonyl (C=O) groups excluding carboxylic acids is 1. The number of fused-ring (bicyclic) bond motifs is 2. The minimum absolute atomic E-state index is 0.262. The van der Waals surface area contributed by atoms with Gasteiger partial charge in [0, 0.05) is 25.8 Å². The number of aromatic amines is 1. The Hall–Kier alpha value is -3.85. The summed E-state index contributed by atoms with van der Waals surface area (Å²) in [6.45, 7) is 2.64. The minimum Gasteiger partial charge on any atom is -0.495 e. The number of hydrogen-bond acceptors (Lipinski definition) is 7. The number of halogens is 1. The van der Waals surface area contributed by atoms with Crippen molar-refractivity contribution in [2.24, 2.45) is 11.8 Å². The van der Waals surface area contributed by atoms with Crippen LogP contribution in [0.2, 0.25) is 5.02 Å². The smallest absolute Gasteiger partial charge is 0.256 e. The number of nitrogens with one attached hydrogen (secondary N) is 3. The van der Waals surface area contributed by atoms with Gasteiger partial charge in [-0.3, -0.25) is 4.79 Å². The molecule has 0 bridgehead atoms. The van der Waals surface area contributed by atoms with Crippen molar-refractivity contribution < 1.29 is 9.53 Å². The van der Waals surface area contributed by atoms with Crippen molar-refractivity contribution in [3.63, 3.8) is 0 Å². The van der Waals surface area contributed by atoms with E-state index in [2.05, 4.69) is 30.5 Å². The number of carbonyl (C=O) groups is 1. The van der Waals surface area contributed by atoms with Gasteiger partial charge in [0.25, 0.3) is 5.91 Å². The van der Waals surface area contributed by atoms with Gasteiger partial charge in [-0.25, -0.2) is 9.97 Å². The molecule has 6 rings (SSSR count). The number of H-pyrrole nitrogens is 1. The number of anilines is 2. The summed E-state index contributed by atoms with van der Waals surface area (Å²) in [7, 11) is 1.58. The highest BCUT2D eigenvalue weighted by atomic mass is 35.5. The zero-order valence-electron chi connectivity index (χ0n) is 19.8. The fourth-order valence-corrected chi connectivity index (χ4v) is 5.02. The standard InChI is InChI=1S/C26H26ClN7O2/c1-36-22-7-6-15(8-19(22)27)10-28-24-18(11-30-26(33-24)34-13-16-9-17(16)14-34)25(35)29-12-23-31-20-4-2-3-5-21(20)32-23/h2-8,11,16-17H,9-10,12-14H2,1H3,(H,29,35)(H,31,32)(H,28,30,33). The Labute approximate surface area is 213 Å². The lowest BCUT2D eigenvalue weighted by Gasteiger charge is -2.20. The van der Waals surface area contributed by atoms with Crippen LogP contribution in [0.15, 0.2) is 48.7 Å². The Morgan fingerprint density at radius 1 is 1.17 bits per heavy atom. The van der Waals surface area contributed by atoms with Crippen LogP contribution in [-0.4, -0.2) is 46.0 Å². The quantitative estimate of drug-likeness (QED) is 0.333. The van der Waals surface area contributed by atoms with E-state index in [0.29, 0.717) is 40.5 Å². The van der Waals surface area contributed by atoms with Crippen LogP contribution >= 0.6 is 11.6 Å². The van der Waals surface area contributed by atoms with E-state index in [-0.39, 0.29) is 12.5 Å². The Balaban J connectivity index is 1.21. The molecule has 3 N–H and O–H groups in total. The summed E-state index contributed by atoms with van der Waals surface area (Å²) in [5, 5.41) is 6.79. The van der Waals surface area contributed by atoms with Gasteiger partial charge < -0.3 is 25.3 Å². The van der Waals surface area contributed by atoms with Gasteiger partial charge in [0.1, 0.15) is 23.0 Å². The average Bonchev–Trinajstić information content (AvgIpc) is 3.30. The molecule has 1 saturated heterocycles. The maximum atomic E-state index is 13.2. The zero-order chi connectivity index (χ0) is 24.6. The molecule has 3 heterocycles. The number of amides is 1. The maximum absolute atomic E-state index is 13.2. The summed E-state index contributed by atoms with van der Waals surface area (Å²) in [5.41, 5.74) is 3.10. The van der Waals surface area contributed by atoms with Crippen LogP contribution in [0.4, 0.5) is 11.8 Å². The molecule has 1 saturated carbocycles. The number of nitrogens with zero attached hydrogens (tertiary/aromatic N) is 4. The number of aromatic nitrogens is 4. The highest BCUT2D eigenvalue weighted by Gasteiger charge is 2.45. The fourth-order valence-electron chi connectivity index (χ4n) is 4.74. The maximum Gasteiger partial charge on any atom is 0.256 e. The molecule has 2 unspecified atom stereocenters. The predicted octanol–water partition coefficient (Wildman–Crippen LogP) is 4.01. The average molecular weight is 504 g/mol. The van der Waals surface area contributed by atoms with Crippen LogP contribution in [0.1, 0.15) is 28.2 Å². The van der Waals surface area contributed by atoms with Crippen LogP contribution in [0.25, 0.3) is 11.0 Å². The second-order valence-electron chi connectivity index (χ2n) is 9.30. The van der Waals surface area contributed by atoms with E-state index in [1.165, 1.54) is 6.42 Å². The molecule has 1 aliphatic carbocycles. The SMILES string of the molecule is COc1ccc(CNc2nc(N3CC4CC4C3)ncc2C(=O)NCc2nc3ccccc3[nH]2)cc1Cl. The molecule has 1 amide bonds. The van der Waals surface area contributed by atoms with Crippen molar-refractivity contribution in [1.82, 2.24) is 25.3 Å². The van der Waals surface area contributed by atoms with Crippen molar-refractivity contribution in [2.45, 2.75) is 19.5 Å². The molecule has 1 aliphatic heterocycles. The van der Waals surface area contributed by atoms with Crippen molar-refractivity contribution in [3.05, 3.63) is 70.6 Å². The molecule has 2 aromatic heterocycles. The van der Waals surface area contributed by atoms with E-state index in [4.69, 9.17) is 21.3 Å². The summed E-state index contributed by atoms with van der Waals surface area (Å²) in [4.78, 5) is 32.4. The number of piperidine rings is 1. The first-order valence-electron chi connectivity index (χ1n) is 12.0. The lowest BCUT2D eigenvalue weighted by Crippen LogP contribution is -2.28. The summed E-state index contributed by atoms with van der Waals surface area (Å²) >= 11 is 6.29. The van der Waals surface area contributed by atoms with Crippen LogP contribution in [0.5, 0.6) is 5.75 Å². The normalized spacial score (nSPS) is 18.2. The van der Waals surface area contributed by atoms with Crippen molar-refractivity contribution in [3.8, 4) is 5.75 Å². The van der Waals surface area contributed by atoms with Crippen LogP contribution in [0, 0.1) is 11.8 Å². The molecular weight excluding hydrogens is 478 g/mol. The molecule has 0 radical (unpaired) electrons. The van der Waals surface area contributed by atoms with E-state index in [1.54, 1.807) is 13.3 Å². The molecule has 2 aliphatic rings. The number of hydrogen-bond donors (Lipinski definition) is 3. The molecule has 10 heteroatoms. The second-order valence-corrected chi connectivity index (χ2v) is 9.71. The number of ether oxygens (including phenoxy) is 1. The van der Waals surface area contributed by atoms with E-state index in [1.807, 2.05) is 42.5 Å². The van der Waals surface area contributed by atoms with Crippen LogP contribution < -0.4 is 20.3 Å². The number of benzene rings is 2. The van der Waals surface area contributed by atoms with E-state index >= 15 is 0 Å². The number of rotatable bonds is 8. The minimum atomic E-state index is -0.276. The van der Waals surface area contributed by atoms with Gasteiger partial charge in [-0.1, -0.05) is 29.8 Å². The van der Waals surface area contributed by atoms with Gasteiger partial charge in [-0.2, -0.15) is 4.98 Å². The van der Waals surface area contributed by atoms with Crippen LogP contribution in [0.3, 0.4) is 0 Å². The topological polar surface area (TPSA) is 108 Å². The summed E-state index contributed by atoms with van der Waals surface area (Å²) in [6.07, 6.45) is 2.89. The molecule has 184 valence electrons. The molecule has 2 atom stereocenters. The highest BCUT2D eigenvalue weighted by molar-refractivity contribution is 6.32. The first-order chi connectivity index (χ1) is 17.6. The third kappa shape index (κ3) is 4.54. The van der Waals surface area contributed by atoms with Crippen molar-refractivity contribution in [1.29, 1.82) is 0 Å². The second kappa shape index (κ2) is 9.31. The van der Waals surface area contributed by atoms with E-state index < -0.39 is 0 Å². The highest BCUT2D eigenvalue weighted by Crippen LogP contribution is 2.45. The lowest BCUT2D eigenvalue weighted by atomic mass is 10.2. The Kier molecular flexibility index (Phi) is 5.85. The number of para-hydroxylation sites is 2. The Morgan fingerprint density at radius 3 is 2.78 bits per heavy atom. The molecular formula is C26H26ClN7O2. The number of methoxy groups -OCH3 is 1. The van der Waals surface area contributed by atoms with E-state index in [9.17, 15) is 4.79 Å². The lowest BCUT2D eigenvalue weighted by molar-refractivity contribution is 0.0950. The van der Waals surface area contributed by atoms with Gasteiger partial charge in [-0.15, -0.1) is 0 Å². The Bertz CT molecular complexity index is 1400. The van der Waals surface area contributed by atoms with Crippen molar-refractivity contribution >= 4 is 40.3 Å². The largest absolute Gasteiger partial charge is 0.495 e. The fraction of sp³-hybridized carbons (Fsp3) is 0.308. The van der Waals surface area contributed by atoms with Gasteiger partial charge in [0.05, 0.1) is 29.7 Å².